The minimum atomic E-state index is -0.0278. The van der Waals surface area contributed by atoms with Gasteiger partial charge in [-0.05, 0) is 31.5 Å². The van der Waals surface area contributed by atoms with Crippen LogP contribution in [0, 0.1) is 0 Å². The molecule has 2 aromatic rings. The zero-order valence-electron chi connectivity index (χ0n) is 11.5. The standard InChI is InChI=1S/C15H16BrN3O2/c16-12-5-3-4-11(8-12)15-17-14(21-18-15)9-19-7-2-1-6-13(19)10-20/h3-5,8,10,13H,1-2,6-7,9H2. The molecule has 1 saturated heterocycles. The van der Waals surface area contributed by atoms with Crippen molar-refractivity contribution >= 4 is 22.2 Å². The number of hydrogen-bond acceptors (Lipinski definition) is 5. The second kappa shape index (κ2) is 6.49. The van der Waals surface area contributed by atoms with E-state index in [9.17, 15) is 4.79 Å². The van der Waals surface area contributed by atoms with Crippen molar-refractivity contribution in [2.24, 2.45) is 0 Å². The average Bonchev–Trinajstić information content (AvgIpc) is 2.96. The molecule has 21 heavy (non-hydrogen) atoms. The number of aromatic nitrogens is 2. The van der Waals surface area contributed by atoms with Gasteiger partial charge in [0.05, 0.1) is 12.6 Å². The van der Waals surface area contributed by atoms with Crippen molar-refractivity contribution in [3.8, 4) is 11.4 Å². The van der Waals surface area contributed by atoms with Crippen molar-refractivity contribution in [2.75, 3.05) is 6.54 Å². The van der Waals surface area contributed by atoms with Gasteiger partial charge < -0.3 is 9.32 Å². The zero-order valence-corrected chi connectivity index (χ0v) is 13.1. The molecule has 3 rings (SSSR count). The number of piperidine rings is 1. The molecule has 0 spiro atoms. The topological polar surface area (TPSA) is 59.2 Å². The van der Waals surface area contributed by atoms with Crippen LogP contribution in [0.4, 0.5) is 0 Å². The molecule has 5 nitrogen and oxygen atoms in total. The number of carbonyl (C=O) groups excluding carboxylic acids is 1. The number of benzene rings is 1. The Kier molecular flexibility index (Phi) is 4.45. The Hall–Kier alpha value is -1.53. The highest BCUT2D eigenvalue weighted by Crippen LogP contribution is 2.22. The summed E-state index contributed by atoms with van der Waals surface area (Å²) in [6.07, 6.45) is 4.14. The molecular weight excluding hydrogens is 334 g/mol. The first-order valence-electron chi connectivity index (χ1n) is 7.04. The monoisotopic (exact) mass is 349 g/mol. The number of hydrogen-bond donors (Lipinski definition) is 0. The van der Waals surface area contributed by atoms with Crippen molar-refractivity contribution in [2.45, 2.75) is 31.8 Å². The fourth-order valence-electron chi connectivity index (χ4n) is 2.60. The van der Waals surface area contributed by atoms with Crippen LogP contribution in [0.25, 0.3) is 11.4 Å². The Balaban J connectivity index is 1.74. The van der Waals surface area contributed by atoms with Gasteiger partial charge in [0.25, 0.3) is 0 Å². The lowest BCUT2D eigenvalue weighted by atomic mass is 10.0. The SMILES string of the molecule is O=CC1CCCCN1Cc1nc(-c2cccc(Br)c2)no1. The van der Waals surface area contributed by atoms with Crippen LogP contribution in [-0.2, 0) is 11.3 Å². The Morgan fingerprint density at radius 2 is 2.33 bits per heavy atom. The van der Waals surface area contributed by atoms with Gasteiger partial charge in [0.2, 0.25) is 11.7 Å². The van der Waals surface area contributed by atoms with E-state index in [2.05, 4.69) is 31.0 Å². The lowest BCUT2D eigenvalue weighted by Gasteiger charge is -2.30. The third-order valence-electron chi connectivity index (χ3n) is 3.71. The molecule has 0 amide bonds. The smallest absolute Gasteiger partial charge is 0.241 e. The van der Waals surface area contributed by atoms with E-state index in [4.69, 9.17) is 4.52 Å². The maximum atomic E-state index is 11.1. The van der Waals surface area contributed by atoms with Gasteiger partial charge >= 0.3 is 0 Å². The number of carbonyl (C=O) groups is 1. The van der Waals surface area contributed by atoms with Crippen LogP contribution >= 0.6 is 15.9 Å². The fraction of sp³-hybridized carbons (Fsp3) is 0.400. The minimum Gasteiger partial charge on any atom is -0.338 e. The zero-order chi connectivity index (χ0) is 14.7. The number of likely N-dealkylation sites (tertiary alicyclic amines) is 1. The van der Waals surface area contributed by atoms with Crippen LogP contribution in [0.3, 0.4) is 0 Å². The van der Waals surface area contributed by atoms with E-state index in [1.54, 1.807) is 0 Å². The van der Waals surface area contributed by atoms with Gasteiger partial charge in [-0.1, -0.05) is 39.6 Å². The van der Waals surface area contributed by atoms with E-state index in [0.29, 0.717) is 18.3 Å². The van der Waals surface area contributed by atoms with Gasteiger partial charge in [-0.2, -0.15) is 4.98 Å². The highest BCUT2D eigenvalue weighted by atomic mass is 79.9. The summed E-state index contributed by atoms with van der Waals surface area (Å²) in [5, 5.41) is 4.02. The first-order chi connectivity index (χ1) is 10.3. The molecule has 110 valence electrons. The number of nitrogens with zero attached hydrogens (tertiary/aromatic N) is 3. The molecule has 1 aliphatic heterocycles. The van der Waals surface area contributed by atoms with Crippen molar-refractivity contribution in [3.05, 3.63) is 34.6 Å². The summed E-state index contributed by atoms with van der Waals surface area (Å²) in [6, 6.07) is 7.74. The lowest BCUT2D eigenvalue weighted by Crippen LogP contribution is -2.39. The van der Waals surface area contributed by atoms with Crippen LogP contribution in [0.5, 0.6) is 0 Å². The second-order valence-corrected chi connectivity index (χ2v) is 6.11. The summed E-state index contributed by atoms with van der Waals surface area (Å²) in [6.45, 7) is 1.43. The van der Waals surface area contributed by atoms with Gasteiger partial charge in [0.1, 0.15) is 6.29 Å². The fourth-order valence-corrected chi connectivity index (χ4v) is 3.00. The average molecular weight is 350 g/mol. The quantitative estimate of drug-likeness (QED) is 0.794. The van der Waals surface area contributed by atoms with E-state index in [-0.39, 0.29) is 6.04 Å². The minimum absolute atomic E-state index is 0.0278. The van der Waals surface area contributed by atoms with E-state index < -0.39 is 0 Å². The summed E-state index contributed by atoms with van der Waals surface area (Å²) in [5.74, 6) is 1.13. The molecule has 0 radical (unpaired) electrons. The number of halogens is 1. The van der Waals surface area contributed by atoms with Gasteiger partial charge in [-0.15, -0.1) is 0 Å². The second-order valence-electron chi connectivity index (χ2n) is 5.19. The van der Waals surface area contributed by atoms with Gasteiger partial charge in [-0.3, -0.25) is 4.90 Å². The largest absolute Gasteiger partial charge is 0.338 e. The van der Waals surface area contributed by atoms with Crippen LogP contribution in [-0.4, -0.2) is 33.9 Å². The molecule has 0 saturated carbocycles. The molecule has 0 N–H and O–H groups in total. The molecule has 2 heterocycles. The summed E-state index contributed by atoms with van der Waals surface area (Å²) < 4.78 is 6.30. The Morgan fingerprint density at radius 3 is 3.14 bits per heavy atom. The van der Waals surface area contributed by atoms with E-state index >= 15 is 0 Å². The lowest BCUT2D eigenvalue weighted by molar-refractivity contribution is -0.113. The molecular formula is C15H16BrN3O2. The maximum absolute atomic E-state index is 11.1. The first kappa shape index (κ1) is 14.4. The van der Waals surface area contributed by atoms with Crippen molar-refractivity contribution in [1.29, 1.82) is 0 Å². The van der Waals surface area contributed by atoms with Gasteiger partial charge in [0, 0.05) is 10.0 Å². The molecule has 1 aromatic heterocycles. The third kappa shape index (κ3) is 3.39. The number of aldehydes is 1. The molecule has 1 unspecified atom stereocenters. The van der Waals surface area contributed by atoms with Crippen LogP contribution in [0.1, 0.15) is 25.2 Å². The van der Waals surface area contributed by atoms with E-state index in [0.717, 1.165) is 42.1 Å². The molecule has 1 aromatic carbocycles. The maximum Gasteiger partial charge on any atom is 0.241 e. The van der Waals surface area contributed by atoms with E-state index in [1.165, 1.54) is 0 Å². The molecule has 1 fully saturated rings. The summed E-state index contributed by atoms with van der Waals surface area (Å²) in [5.41, 5.74) is 0.907. The normalized spacial score (nSPS) is 19.6. The van der Waals surface area contributed by atoms with Crippen LogP contribution in [0.15, 0.2) is 33.3 Å². The van der Waals surface area contributed by atoms with Crippen molar-refractivity contribution in [1.82, 2.24) is 15.0 Å². The van der Waals surface area contributed by atoms with Crippen LogP contribution < -0.4 is 0 Å². The number of rotatable bonds is 4. The molecule has 0 aliphatic carbocycles. The summed E-state index contributed by atoms with van der Waals surface area (Å²) in [7, 11) is 0. The van der Waals surface area contributed by atoms with Crippen LogP contribution in [0.2, 0.25) is 0 Å². The predicted octanol–water partition coefficient (Wildman–Crippen LogP) is 3.05. The molecule has 1 aliphatic rings. The highest BCUT2D eigenvalue weighted by molar-refractivity contribution is 9.10. The van der Waals surface area contributed by atoms with Crippen molar-refractivity contribution < 1.29 is 9.32 Å². The van der Waals surface area contributed by atoms with E-state index in [1.807, 2.05) is 24.3 Å². The Morgan fingerprint density at radius 1 is 1.43 bits per heavy atom. The first-order valence-corrected chi connectivity index (χ1v) is 7.83. The van der Waals surface area contributed by atoms with Gasteiger partial charge in [0.15, 0.2) is 0 Å². The molecule has 0 bridgehead atoms. The molecule has 6 heteroatoms. The Labute approximate surface area is 131 Å². The molecule has 1 atom stereocenters. The van der Waals surface area contributed by atoms with Gasteiger partial charge in [-0.25, -0.2) is 0 Å². The predicted molar refractivity (Wildman–Crippen MR) is 81.5 cm³/mol. The Bertz CT molecular complexity index is 629. The highest BCUT2D eigenvalue weighted by Gasteiger charge is 2.23. The summed E-state index contributed by atoms with van der Waals surface area (Å²) >= 11 is 3.43. The summed E-state index contributed by atoms with van der Waals surface area (Å²) in [4.78, 5) is 17.6. The third-order valence-corrected chi connectivity index (χ3v) is 4.20. The van der Waals surface area contributed by atoms with Crippen molar-refractivity contribution in [3.63, 3.8) is 0 Å².